The number of fused-ring (bicyclic) bond motifs is 1. The van der Waals surface area contributed by atoms with Crippen LogP contribution in [-0.2, 0) is 0 Å². The van der Waals surface area contributed by atoms with Crippen molar-refractivity contribution in [1.82, 2.24) is 9.88 Å². The number of nitrogens with zero attached hydrogens (tertiary/aromatic N) is 1. The summed E-state index contributed by atoms with van der Waals surface area (Å²) in [4.78, 5) is 31.2. The number of methoxy groups -OCH3 is 1. The van der Waals surface area contributed by atoms with E-state index in [9.17, 15) is 9.59 Å². The predicted molar refractivity (Wildman–Crippen MR) is 109 cm³/mol. The minimum Gasteiger partial charge on any atom is -0.496 e. The van der Waals surface area contributed by atoms with E-state index in [2.05, 4.69) is 4.98 Å². The summed E-state index contributed by atoms with van der Waals surface area (Å²) in [6.07, 6.45) is 3.47. The monoisotopic (exact) mass is 376 g/mol. The molecule has 0 unspecified atom stereocenters. The molecule has 0 aliphatic carbocycles. The van der Waals surface area contributed by atoms with Crippen molar-refractivity contribution >= 4 is 22.5 Å². The standard InChI is InChI=1S/C23H24N2O3/c1-15-11-19-17(12-22(15)28-2)18(13-24-19)23(27)20-9-6-10-25(20)14-21(26)16-7-4-3-5-8-16/h3-5,7-8,11-13,20,24H,6,9-10,14H2,1-2H3/t20-/m1/s1. The number of nitrogens with one attached hydrogen (secondary N) is 1. The minimum absolute atomic E-state index is 0.0523. The maximum Gasteiger partial charge on any atom is 0.182 e. The number of likely N-dealkylation sites (tertiary alicyclic amines) is 1. The van der Waals surface area contributed by atoms with Gasteiger partial charge in [0.25, 0.3) is 0 Å². The molecule has 2 aromatic carbocycles. The summed E-state index contributed by atoms with van der Waals surface area (Å²) >= 11 is 0. The van der Waals surface area contributed by atoms with E-state index >= 15 is 0 Å². The van der Waals surface area contributed by atoms with Gasteiger partial charge < -0.3 is 9.72 Å². The topological polar surface area (TPSA) is 62.4 Å². The number of rotatable bonds is 6. The highest BCUT2D eigenvalue weighted by molar-refractivity contribution is 6.11. The molecule has 1 fully saturated rings. The van der Waals surface area contributed by atoms with Crippen molar-refractivity contribution in [3.8, 4) is 5.75 Å². The molecule has 5 heteroatoms. The normalized spacial score (nSPS) is 17.1. The predicted octanol–water partition coefficient (Wildman–Crippen LogP) is 4.01. The van der Waals surface area contributed by atoms with Crippen LogP contribution in [0.1, 0.15) is 39.1 Å². The van der Waals surface area contributed by atoms with Crippen LogP contribution in [0.25, 0.3) is 10.9 Å². The van der Waals surface area contributed by atoms with E-state index in [4.69, 9.17) is 4.74 Å². The number of ketones is 2. The zero-order chi connectivity index (χ0) is 19.7. The lowest BCUT2D eigenvalue weighted by Crippen LogP contribution is -2.39. The molecule has 0 spiro atoms. The molecule has 4 rings (SSSR count). The van der Waals surface area contributed by atoms with Gasteiger partial charge in [-0.05, 0) is 44.0 Å². The molecule has 1 N–H and O–H groups in total. The van der Waals surface area contributed by atoms with Crippen LogP contribution in [0.5, 0.6) is 5.75 Å². The van der Waals surface area contributed by atoms with Crippen molar-refractivity contribution in [1.29, 1.82) is 0 Å². The SMILES string of the molecule is COc1cc2c(C(=O)[C@H]3CCCN3CC(=O)c3ccccc3)c[nH]c2cc1C. The van der Waals surface area contributed by atoms with Gasteiger partial charge in [0, 0.05) is 28.2 Å². The van der Waals surface area contributed by atoms with E-state index in [1.165, 1.54) is 0 Å². The van der Waals surface area contributed by atoms with Crippen LogP contribution in [0.3, 0.4) is 0 Å². The summed E-state index contributed by atoms with van der Waals surface area (Å²) in [6.45, 7) is 3.01. The first-order valence-corrected chi connectivity index (χ1v) is 9.60. The molecule has 3 aromatic rings. The van der Waals surface area contributed by atoms with Gasteiger partial charge in [0.1, 0.15) is 5.75 Å². The highest BCUT2D eigenvalue weighted by Gasteiger charge is 2.33. The lowest BCUT2D eigenvalue weighted by atomic mass is 10.00. The number of carbonyl (C=O) groups is 2. The van der Waals surface area contributed by atoms with Crippen LogP contribution in [0.4, 0.5) is 0 Å². The van der Waals surface area contributed by atoms with Gasteiger partial charge >= 0.3 is 0 Å². The Bertz CT molecular complexity index is 1020. The molecule has 0 saturated carbocycles. The molecule has 0 amide bonds. The molecule has 0 radical (unpaired) electrons. The molecule has 1 atom stereocenters. The molecular weight excluding hydrogens is 352 g/mol. The highest BCUT2D eigenvalue weighted by Crippen LogP contribution is 2.30. The number of H-pyrrole nitrogens is 1. The summed E-state index contributed by atoms with van der Waals surface area (Å²) in [7, 11) is 1.64. The van der Waals surface area contributed by atoms with Gasteiger partial charge in [0.2, 0.25) is 0 Å². The summed E-state index contributed by atoms with van der Waals surface area (Å²) in [6, 6.07) is 12.9. The van der Waals surface area contributed by atoms with E-state index in [0.717, 1.165) is 41.6 Å². The summed E-state index contributed by atoms with van der Waals surface area (Å²) < 4.78 is 5.43. The molecule has 5 nitrogen and oxygen atoms in total. The number of hydrogen-bond donors (Lipinski definition) is 1. The third-order valence-electron chi connectivity index (χ3n) is 5.57. The number of carbonyl (C=O) groups excluding carboxylic acids is 2. The van der Waals surface area contributed by atoms with E-state index in [0.29, 0.717) is 11.1 Å². The Labute approximate surface area is 164 Å². The molecule has 0 bridgehead atoms. The average Bonchev–Trinajstić information content (AvgIpc) is 3.34. The van der Waals surface area contributed by atoms with E-state index in [-0.39, 0.29) is 24.2 Å². The van der Waals surface area contributed by atoms with Gasteiger partial charge in [-0.2, -0.15) is 0 Å². The molecule has 1 aliphatic heterocycles. The second-order valence-electron chi connectivity index (χ2n) is 7.35. The Morgan fingerprint density at radius 2 is 2.00 bits per heavy atom. The van der Waals surface area contributed by atoms with E-state index < -0.39 is 0 Å². The Balaban J connectivity index is 1.59. The average molecular weight is 376 g/mol. The van der Waals surface area contributed by atoms with Crippen molar-refractivity contribution in [2.75, 3.05) is 20.2 Å². The maximum absolute atomic E-state index is 13.3. The number of aromatic amines is 1. The Kier molecular flexibility index (Phi) is 5.01. The van der Waals surface area contributed by atoms with Crippen molar-refractivity contribution in [2.45, 2.75) is 25.8 Å². The van der Waals surface area contributed by atoms with E-state index in [1.807, 2.05) is 54.3 Å². The maximum atomic E-state index is 13.3. The van der Waals surface area contributed by atoms with Crippen LogP contribution in [0.2, 0.25) is 0 Å². The molecule has 1 aromatic heterocycles. The van der Waals surface area contributed by atoms with E-state index in [1.54, 1.807) is 13.3 Å². The van der Waals surface area contributed by atoms with Gasteiger partial charge in [-0.25, -0.2) is 0 Å². The largest absolute Gasteiger partial charge is 0.496 e. The first kappa shape index (κ1) is 18.4. The smallest absolute Gasteiger partial charge is 0.182 e. The second-order valence-corrected chi connectivity index (χ2v) is 7.35. The number of hydrogen-bond acceptors (Lipinski definition) is 4. The van der Waals surface area contributed by atoms with Gasteiger partial charge in [0.15, 0.2) is 11.6 Å². The quantitative estimate of drug-likeness (QED) is 0.660. The first-order valence-electron chi connectivity index (χ1n) is 9.60. The summed E-state index contributed by atoms with van der Waals surface area (Å²) in [5, 5.41) is 0.869. The van der Waals surface area contributed by atoms with Gasteiger partial charge in [-0.15, -0.1) is 0 Å². The van der Waals surface area contributed by atoms with Crippen molar-refractivity contribution in [3.05, 3.63) is 65.4 Å². The lowest BCUT2D eigenvalue weighted by Gasteiger charge is -2.22. The molecular formula is C23H24N2O3. The number of aromatic nitrogens is 1. The molecule has 1 aliphatic rings. The second kappa shape index (κ2) is 7.60. The summed E-state index contributed by atoms with van der Waals surface area (Å²) in [5.74, 6) is 0.885. The van der Waals surface area contributed by atoms with Crippen molar-refractivity contribution < 1.29 is 14.3 Å². The van der Waals surface area contributed by atoms with Crippen LogP contribution in [0.15, 0.2) is 48.7 Å². The number of aryl methyl sites for hydroxylation is 1. The van der Waals surface area contributed by atoms with Crippen LogP contribution in [-0.4, -0.2) is 47.7 Å². The first-order chi connectivity index (χ1) is 13.6. The highest BCUT2D eigenvalue weighted by atomic mass is 16.5. The Morgan fingerprint density at radius 3 is 2.75 bits per heavy atom. The molecule has 28 heavy (non-hydrogen) atoms. The van der Waals surface area contributed by atoms with Crippen LogP contribution >= 0.6 is 0 Å². The third-order valence-corrected chi connectivity index (χ3v) is 5.57. The molecule has 1 saturated heterocycles. The minimum atomic E-state index is -0.265. The zero-order valence-electron chi connectivity index (χ0n) is 16.2. The van der Waals surface area contributed by atoms with Crippen molar-refractivity contribution in [2.24, 2.45) is 0 Å². The molecule has 2 heterocycles. The van der Waals surface area contributed by atoms with Gasteiger partial charge in [-0.1, -0.05) is 30.3 Å². The molecule has 144 valence electrons. The Morgan fingerprint density at radius 1 is 1.21 bits per heavy atom. The Hall–Kier alpha value is -2.92. The fourth-order valence-electron chi connectivity index (χ4n) is 4.07. The lowest BCUT2D eigenvalue weighted by molar-refractivity contribution is 0.0824. The van der Waals surface area contributed by atoms with Gasteiger partial charge in [0.05, 0.1) is 19.7 Å². The number of ether oxygens (including phenoxy) is 1. The number of Topliss-reactive ketones (excluding diaryl/α,β-unsaturated/α-hetero) is 2. The zero-order valence-corrected chi connectivity index (χ0v) is 16.2. The fourth-order valence-corrected chi connectivity index (χ4v) is 4.07. The van der Waals surface area contributed by atoms with Crippen LogP contribution < -0.4 is 4.74 Å². The van der Waals surface area contributed by atoms with Crippen molar-refractivity contribution in [3.63, 3.8) is 0 Å². The summed E-state index contributed by atoms with van der Waals surface area (Å²) in [5.41, 5.74) is 3.30. The third kappa shape index (κ3) is 3.34. The van der Waals surface area contributed by atoms with Gasteiger partial charge in [-0.3, -0.25) is 14.5 Å². The fraction of sp³-hybridized carbons (Fsp3) is 0.304. The number of benzene rings is 2. The van der Waals surface area contributed by atoms with Crippen LogP contribution in [0, 0.1) is 6.92 Å².